The monoisotopic (exact) mass is 418 g/mol. The summed E-state index contributed by atoms with van der Waals surface area (Å²) in [7, 11) is 0. The number of amides is 1. The first-order valence-corrected chi connectivity index (χ1v) is 9.99. The summed E-state index contributed by atoms with van der Waals surface area (Å²) >= 11 is 0. The van der Waals surface area contributed by atoms with Crippen LogP contribution in [0.15, 0.2) is 24.4 Å². The topological polar surface area (TPSA) is 66.0 Å². The number of hydrogen-bond acceptors (Lipinski definition) is 4. The quantitative estimate of drug-likeness (QED) is 0.348. The number of carbonyl (C=O) groups excluding carboxylic acids is 1. The molecule has 1 aromatic heterocycles. The van der Waals surface area contributed by atoms with E-state index >= 15 is 0 Å². The average Bonchev–Trinajstić information content (AvgIpc) is 2.65. The Balaban J connectivity index is 0.00000338. The van der Waals surface area contributed by atoms with Crippen LogP contribution in [0.25, 0.3) is 0 Å². The van der Waals surface area contributed by atoms with Crippen LogP contribution >= 0.6 is 24.8 Å². The number of hydrazine groups is 1. The van der Waals surface area contributed by atoms with Gasteiger partial charge in [-0.25, -0.2) is 10.4 Å². The molecule has 156 valence electrons. The van der Waals surface area contributed by atoms with Crippen LogP contribution in [0.2, 0.25) is 0 Å². The van der Waals surface area contributed by atoms with Crippen molar-refractivity contribution in [3.63, 3.8) is 0 Å². The summed E-state index contributed by atoms with van der Waals surface area (Å²) in [5, 5.41) is 2.98. The van der Waals surface area contributed by atoms with Gasteiger partial charge in [-0.2, -0.15) is 0 Å². The zero-order valence-electron chi connectivity index (χ0n) is 16.5. The molecule has 0 aliphatic heterocycles. The summed E-state index contributed by atoms with van der Waals surface area (Å²) in [5.41, 5.74) is 6.17. The maximum atomic E-state index is 12.9. The Kier molecular flexibility index (Phi) is 14.6. The van der Waals surface area contributed by atoms with Gasteiger partial charge in [0.05, 0.1) is 0 Å². The van der Waals surface area contributed by atoms with Crippen molar-refractivity contribution in [1.82, 2.24) is 15.8 Å². The number of anilines is 1. The highest BCUT2D eigenvalue weighted by atomic mass is 35.5. The van der Waals surface area contributed by atoms with Crippen molar-refractivity contribution in [2.75, 3.05) is 11.9 Å². The first-order valence-electron chi connectivity index (χ1n) is 9.99. The predicted octanol–water partition coefficient (Wildman–Crippen LogP) is 5.02. The molecule has 0 radical (unpaired) electrons. The van der Waals surface area contributed by atoms with E-state index in [0.717, 1.165) is 38.6 Å². The summed E-state index contributed by atoms with van der Waals surface area (Å²) in [4.78, 5) is 17.1. The van der Waals surface area contributed by atoms with Gasteiger partial charge in [0, 0.05) is 12.7 Å². The van der Waals surface area contributed by atoms with Crippen molar-refractivity contribution in [2.45, 2.75) is 83.1 Å². The lowest BCUT2D eigenvalue weighted by Crippen LogP contribution is -2.60. The minimum absolute atomic E-state index is 0. The molecule has 1 fully saturated rings. The fourth-order valence-corrected chi connectivity index (χ4v) is 3.46. The Bertz CT molecular complexity index is 496. The second kappa shape index (κ2) is 15.1. The molecule has 0 bridgehead atoms. The van der Waals surface area contributed by atoms with Crippen LogP contribution in [-0.2, 0) is 4.79 Å². The fourth-order valence-electron chi connectivity index (χ4n) is 3.46. The van der Waals surface area contributed by atoms with Crippen molar-refractivity contribution < 1.29 is 4.79 Å². The zero-order chi connectivity index (χ0) is 17.8. The molecule has 0 saturated heterocycles. The summed E-state index contributed by atoms with van der Waals surface area (Å²) in [6.07, 6.45) is 14.5. The van der Waals surface area contributed by atoms with Gasteiger partial charge in [-0.15, -0.1) is 24.8 Å². The zero-order valence-corrected chi connectivity index (χ0v) is 18.1. The van der Waals surface area contributed by atoms with Crippen LogP contribution in [-0.4, -0.2) is 23.0 Å². The molecule has 27 heavy (non-hydrogen) atoms. The van der Waals surface area contributed by atoms with Gasteiger partial charge in [0.15, 0.2) is 0 Å². The maximum Gasteiger partial charge on any atom is 0.247 e. The first-order chi connectivity index (χ1) is 12.3. The van der Waals surface area contributed by atoms with Gasteiger partial charge in [-0.3, -0.25) is 10.2 Å². The Morgan fingerprint density at radius 1 is 1.04 bits per heavy atom. The molecule has 0 unspecified atom stereocenters. The smallest absolute Gasteiger partial charge is 0.247 e. The van der Waals surface area contributed by atoms with Crippen LogP contribution < -0.4 is 16.2 Å². The fraction of sp³-hybridized carbons (Fsp3) is 0.700. The molecular formula is C20H36Cl2N4O. The van der Waals surface area contributed by atoms with Gasteiger partial charge in [0.2, 0.25) is 5.91 Å². The van der Waals surface area contributed by atoms with Gasteiger partial charge in [0.1, 0.15) is 11.4 Å². The van der Waals surface area contributed by atoms with Crippen LogP contribution in [0.4, 0.5) is 5.82 Å². The minimum Gasteiger partial charge on any atom is -0.309 e. The number of aromatic nitrogens is 1. The van der Waals surface area contributed by atoms with Gasteiger partial charge < -0.3 is 5.32 Å². The lowest BCUT2D eigenvalue weighted by molar-refractivity contribution is -0.124. The number of rotatable bonds is 11. The Morgan fingerprint density at radius 2 is 1.74 bits per heavy atom. The van der Waals surface area contributed by atoms with Gasteiger partial charge in [-0.05, 0) is 31.4 Å². The third kappa shape index (κ3) is 9.24. The Labute approximate surface area is 176 Å². The lowest BCUT2D eigenvalue weighted by atomic mass is 9.81. The van der Waals surface area contributed by atoms with E-state index in [2.05, 4.69) is 28.1 Å². The number of unbranched alkanes of at least 4 members (excludes halogenated alkanes) is 5. The van der Waals surface area contributed by atoms with E-state index in [4.69, 9.17) is 0 Å². The number of pyridine rings is 1. The van der Waals surface area contributed by atoms with Crippen LogP contribution in [0.1, 0.15) is 77.6 Å². The van der Waals surface area contributed by atoms with E-state index in [1.165, 1.54) is 38.5 Å². The van der Waals surface area contributed by atoms with Crippen molar-refractivity contribution in [1.29, 1.82) is 0 Å². The standard InChI is InChI=1S/C20H34N4O.2ClH/c1-2-3-4-5-6-11-17-22-24-20(14-9-7-10-15-20)19(25)23-18-13-8-12-16-21-18;;/h8,12-13,16,22,24H,2-7,9-11,14-15,17H2,1H3,(H,21,23,25);2*1H. The first kappa shape index (κ1) is 26.1. The third-order valence-electron chi connectivity index (χ3n) is 5.03. The second-order valence-corrected chi connectivity index (χ2v) is 7.13. The molecule has 2 rings (SSSR count). The minimum atomic E-state index is -0.516. The molecule has 0 atom stereocenters. The SMILES string of the molecule is CCCCCCCCNNC1(C(=O)Nc2ccccn2)CCCCC1.Cl.Cl. The van der Waals surface area contributed by atoms with E-state index in [1.807, 2.05) is 18.2 Å². The number of nitrogens with one attached hydrogen (secondary N) is 3. The Morgan fingerprint density at radius 3 is 2.41 bits per heavy atom. The molecule has 5 nitrogen and oxygen atoms in total. The predicted molar refractivity (Wildman–Crippen MR) is 118 cm³/mol. The van der Waals surface area contributed by atoms with Crippen LogP contribution in [0.5, 0.6) is 0 Å². The molecule has 1 amide bonds. The van der Waals surface area contributed by atoms with Gasteiger partial charge in [0.25, 0.3) is 0 Å². The van der Waals surface area contributed by atoms with E-state index in [9.17, 15) is 4.79 Å². The summed E-state index contributed by atoms with van der Waals surface area (Å²) in [6, 6.07) is 5.57. The van der Waals surface area contributed by atoms with Gasteiger partial charge >= 0.3 is 0 Å². The van der Waals surface area contributed by atoms with Gasteiger partial charge in [-0.1, -0.05) is 64.4 Å². The number of nitrogens with zero attached hydrogens (tertiary/aromatic N) is 1. The van der Waals surface area contributed by atoms with Crippen molar-refractivity contribution in [2.24, 2.45) is 0 Å². The number of carbonyl (C=O) groups is 1. The van der Waals surface area contributed by atoms with E-state index in [0.29, 0.717) is 5.82 Å². The number of halogens is 2. The lowest BCUT2D eigenvalue weighted by Gasteiger charge is -2.36. The molecule has 1 aliphatic rings. The van der Waals surface area contributed by atoms with Crippen molar-refractivity contribution in [3.05, 3.63) is 24.4 Å². The van der Waals surface area contributed by atoms with Crippen molar-refractivity contribution in [3.8, 4) is 0 Å². The molecule has 0 aromatic carbocycles. The highest BCUT2D eigenvalue weighted by Gasteiger charge is 2.39. The van der Waals surface area contributed by atoms with E-state index in [1.54, 1.807) is 6.20 Å². The molecular weight excluding hydrogens is 383 g/mol. The van der Waals surface area contributed by atoms with E-state index < -0.39 is 5.54 Å². The molecule has 1 saturated carbocycles. The summed E-state index contributed by atoms with van der Waals surface area (Å²) in [5.74, 6) is 0.650. The molecule has 3 N–H and O–H groups in total. The Hall–Kier alpha value is -0.880. The van der Waals surface area contributed by atoms with Crippen LogP contribution in [0, 0.1) is 0 Å². The summed E-state index contributed by atoms with van der Waals surface area (Å²) < 4.78 is 0. The second-order valence-electron chi connectivity index (χ2n) is 7.13. The molecule has 0 spiro atoms. The molecule has 1 aliphatic carbocycles. The van der Waals surface area contributed by atoms with Crippen molar-refractivity contribution >= 4 is 36.5 Å². The maximum absolute atomic E-state index is 12.9. The normalized spacial score (nSPS) is 15.3. The summed E-state index contributed by atoms with van der Waals surface area (Å²) in [6.45, 7) is 3.15. The molecule has 1 aromatic rings. The largest absolute Gasteiger partial charge is 0.309 e. The van der Waals surface area contributed by atoms with E-state index in [-0.39, 0.29) is 30.7 Å². The molecule has 1 heterocycles. The molecule has 7 heteroatoms. The highest BCUT2D eigenvalue weighted by molar-refractivity contribution is 5.97. The number of hydrogen-bond donors (Lipinski definition) is 3. The highest BCUT2D eigenvalue weighted by Crippen LogP contribution is 2.29. The third-order valence-corrected chi connectivity index (χ3v) is 5.03. The average molecular weight is 419 g/mol. The van der Waals surface area contributed by atoms with Crippen LogP contribution in [0.3, 0.4) is 0 Å².